The Morgan fingerprint density at radius 2 is 2.05 bits per heavy atom. The van der Waals surface area contributed by atoms with Gasteiger partial charge in [0.05, 0.1) is 11.2 Å². The highest BCUT2D eigenvalue weighted by Gasteiger charge is 2.07. The van der Waals surface area contributed by atoms with Crippen molar-refractivity contribution in [1.82, 2.24) is 15.6 Å². The second-order valence-corrected chi connectivity index (χ2v) is 5.43. The Bertz CT molecular complexity index is 537. The number of aryl methyl sites for hydroxylation is 1. The lowest BCUT2D eigenvalue weighted by molar-refractivity contribution is 0.0953. The van der Waals surface area contributed by atoms with Crippen molar-refractivity contribution < 1.29 is 4.79 Å². The Morgan fingerprint density at radius 3 is 2.70 bits per heavy atom. The van der Waals surface area contributed by atoms with Gasteiger partial charge in [-0.2, -0.15) is 0 Å². The summed E-state index contributed by atoms with van der Waals surface area (Å²) in [6, 6.07) is 7.78. The molecule has 106 valence electrons. The zero-order valence-electron chi connectivity index (χ0n) is 11.7. The van der Waals surface area contributed by atoms with E-state index in [2.05, 4.69) is 22.5 Å². The molecule has 4 nitrogen and oxygen atoms in total. The molecule has 1 unspecified atom stereocenters. The van der Waals surface area contributed by atoms with Crippen molar-refractivity contribution in [2.75, 3.05) is 13.1 Å². The molecule has 1 heterocycles. The van der Waals surface area contributed by atoms with Gasteiger partial charge in [-0.3, -0.25) is 4.79 Å². The van der Waals surface area contributed by atoms with Gasteiger partial charge in [-0.1, -0.05) is 17.7 Å². The lowest BCUT2D eigenvalue weighted by atomic mass is 10.1. The monoisotopic (exact) mass is 289 g/mol. The Morgan fingerprint density at radius 1 is 1.30 bits per heavy atom. The summed E-state index contributed by atoms with van der Waals surface area (Å²) in [6.07, 6.45) is 0. The highest BCUT2D eigenvalue weighted by Crippen LogP contribution is 2.10. The zero-order chi connectivity index (χ0) is 14.4. The van der Waals surface area contributed by atoms with Crippen LogP contribution in [0.1, 0.15) is 34.6 Å². The molecule has 1 aromatic heterocycles. The minimum atomic E-state index is -0.0342. The van der Waals surface area contributed by atoms with Gasteiger partial charge in [0.15, 0.2) is 0 Å². The van der Waals surface area contributed by atoms with E-state index in [4.69, 9.17) is 0 Å². The van der Waals surface area contributed by atoms with E-state index in [-0.39, 0.29) is 11.9 Å². The van der Waals surface area contributed by atoms with E-state index in [0.717, 1.165) is 17.8 Å². The molecule has 2 rings (SSSR count). The van der Waals surface area contributed by atoms with Crippen LogP contribution in [0.15, 0.2) is 35.2 Å². The number of nitrogens with zero attached hydrogens (tertiary/aromatic N) is 1. The molecule has 1 aromatic carbocycles. The molecule has 5 heteroatoms. The Hall–Kier alpha value is -1.72. The molecule has 0 aliphatic heterocycles. The van der Waals surface area contributed by atoms with E-state index in [0.29, 0.717) is 12.1 Å². The quantitative estimate of drug-likeness (QED) is 0.804. The van der Waals surface area contributed by atoms with Crippen LogP contribution >= 0.6 is 11.3 Å². The van der Waals surface area contributed by atoms with Crippen LogP contribution < -0.4 is 10.6 Å². The predicted molar refractivity (Wildman–Crippen MR) is 82.0 cm³/mol. The van der Waals surface area contributed by atoms with Crippen LogP contribution in [0.2, 0.25) is 0 Å². The van der Waals surface area contributed by atoms with Crippen LogP contribution in [0.5, 0.6) is 0 Å². The van der Waals surface area contributed by atoms with Gasteiger partial charge in [-0.25, -0.2) is 4.98 Å². The molecular formula is C15H19N3OS. The molecule has 20 heavy (non-hydrogen) atoms. The highest BCUT2D eigenvalue weighted by molar-refractivity contribution is 7.07. The van der Waals surface area contributed by atoms with Gasteiger partial charge in [0.25, 0.3) is 5.91 Å². The molecule has 0 spiro atoms. The van der Waals surface area contributed by atoms with Crippen molar-refractivity contribution in [2.24, 2.45) is 0 Å². The maximum Gasteiger partial charge on any atom is 0.251 e. The van der Waals surface area contributed by atoms with E-state index in [1.54, 1.807) is 11.3 Å². The predicted octanol–water partition coefficient (Wildman–Crippen LogP) is 2.53. The maximum atomic E-state index is 11.9. The molecule has 2 N–H and O–H groups in total. The number of thiazole rings is 1. The number of aromatic nitrogens is 1. The molecule has 1 amide bonds. The minimum absolute atomic E-state index is 0.0342. The van der Waals surface area contributed by atoms with Gasteiger partial charge in [-0.05, 0) is 26.0 Å². The van der Waals surface area contributed by atoms with Gasteiger partial charge in [-0.15, -0.1) is 11.3 Å². The molecule has 0 saturated carbocycles. The largest absolute Gasteiger partial charge is 0.351 e. The Balaban J connectivity index is 1.70. The summed E-state index contributed by atoms with van der Waals surface area (Å²) >= 11 is 1.59. The first kappa shape index (κ1) is 14.7. The van der Waals surface area contributed by atoms with Crippen LogP contribution in [0, 0.1) is 6.92 Å². The topological polar surface area (TPSA) is 54.0 Å². The lowest BCUT2D eigenvalue weighted by Crippen LogP contribution is -2.33. The number of hydrogen-bond donors (Lipinski definition) is 2. The molecule has 0 radical (unpaired) electrons. The average Bonchev–Trinajstić information content (AvgIpc) is 2.98. The molecule has 0 aliphatic carbocycles. The van der Waals surface area contributed by atoms with E-state index < -0.39 is 0 Å². The van der Waals surface area contributed by atoms with Crippen molar-refractivity contribution in [3.63, 3.8) is 0 Å². The number of hydrogen-bond acceptors (Lipinski definition) is 4. The summed E-state index contributed by atoms with van der Waals surface area (Å²) in [6.45, 7) is 5.39. The molecular weight excluding hydrogens is 270 g/mol. The van der Waals surface area contributed by atoms with Crippen molar-refractivity contribution >= 4 is 17.2 Å². The minimum Gasteiger partial charge on any atom is -0.351 e. The van der Waals surface area contributed by atoms with Gasteiger partial charge < -0.3 is 10.6 Å². The maximum absolute atomic E-state index is 11.9. The van der Waals surface area contributed by atoms with E-state index >= 15 is 0 Å². The summed E-state index contributed by atoms with van der Waals surface area (Å²) in [4.78, 5) is 16.1. The fourth-order valence-electron chi connectivity index (χ4n) is 1.81. The van der Waals surface area contributed by atoms with Crippen molar-refractivity contribution in [3.05, 3.63) is 52.0 Å². The van der Waals surface area contributed by atoms with Crippen molar-refractivity contribution in [2.45, 2.75) is 19.9 Å². The summed E-state index contributed by atoms with van der Waals surface area (Å²) < 4.78 is 0. The van der Waals surface area contributed by atoms with Gasteiger partial charge >= 0.3 is 0 Å². The molecule has 0 aliphatic rings. The molecule has 0 fully saturated rings. The third kappa shape index (κ3) is 4.15. The Labute approximate surface area is 123 Å². The number of nitrogens with one attached hydrogen (secondary N) is 2. The summed E-state index contributed by atoms with van der Waals surface area (Å²) in [5.41, 5.74) is 4.72. The first-order chi connectivity index (χ1) is 9.66. The smallest absolute Gasteiger partial charge is 0.251 e. The third-order valence-electron chi connectivity index (χ3n) is 3.07. The van der Waals surface area contributed by atoms with Crippen LogP contribution in [-0.4, -0.2) is 24.0 Å². The van der Waals surface area contributed by atoms with E-state index in [9.17, 15) is 4.79 Å². The number of carbonyl (C=O) groups excluding carboxylic acids is 1. The first-order valence-electron chi connectivity index (χ1n) is 6.63. The van der Waals surface area contributed by atoms with Crippen LogP contribution in [-0.2, 0) is 0 Å². The van der Waals surface area contributed by atoms with Gasteiger partial charge in [0.1, 0.15) is 0 Å². The van der Waals surface area contributed by atoms with Crippen molar-refractivity contribution in [3.8, 4) is 0 Å². The number of benzene rings is 1. The Kier molecular flexibility index (Phi) is 5.26. The van der Waals surface area contributed by atoms with Gasteiger partial charge in [0.2, 0.25) is 0 Å². The number of carbonyl (C=O) groups is 1. The van der Waals surface area contributed by atoms with E-state index in [1.807, 2.05) is 42.1 Å². The normalized spacial score (nSPS) is 12.1. The highest BCUT2D eigenvalue weighted by atomic mass is 32.1. The van der Waals surface area contributed by atoms with E-state index in [1.165, 1.54) is 0 Å². The van der Waals surface area contributed by atoms with Crippen LogP contribution in [0.3, 0.4) is 0 Å². The lowest BCUT2D eigenvalue weighted by Gasteiger charge is -2.12. The molecule has 0 saturated heterocycles. The van der Waals surface area contributed by atoms with Gasteiger partial charge in [0, 0.05) is 30.1 Å². The number of amides is 1. The summed E-state index contributed by atoms with van der Waals surface area (Å²) in [5.74, 6) is -0.0342. The first-order valence-corrected chi connectivity index (χ1v) is 7.57. The zero-order valence-corrected chi connectivity index (χ0v) is 12.5. The van der Waals surface area contributed by atoms with Crippen molar-refractivity contribution in [1.29, 1.82) is 0 Å². The second-order valence-electron chi connectivity index (χ2n) is 4.71. The van der Waals surface area contributed by atoms with Crippen LogP contribution in [0.4, 0.5) is 0 Å². The summed E-state index contributed by atoms with van der Waals surface area (Å²) in [7, 11) is 0. The fourth-order valence-corrected chi connectivity index (χ4v) is 2.46. The third-order valence-corrected chi connectivity index (χ3v) is 3.67. The number of rotatable bonds is 6. The standard InChI is InChI=1S/C15H19N3OS/c1-11-3-5-13(6-4-11)15(19)17-8-7-16-12(2)14-9-20-10-18-14/h3-6,9-10,12,16H,7-8H2,1-2H3,(H,17,19). The average molecular weight is 289 g/mol. The molecule has 0 bridgehead atoms. The fraction of sp³-hybridized carbons (Fsp3) is 0.333. The summed E-state index contributed by atoms with van der Waals surface area (Å²) in [5, 5.41) is 8.26. The molecule has 2 aromatic rings. The molecule has 1 atom stereocenters. The second kappa shape index (κ2) is 7.17. The SMILES string of the molecule is Cc1ccc(C(=O)NCCNC(C)c2cscn2)cc1. The van der Waals surface area contributed by atoms with Crippen LogP contribution in [0.25, 0.3) is 0 Å².